The first-order valence-corrected chi connectivity index (χ1v) is 7.81. The maximum Gasteiger partial charge on any atom is 0.331 e. The second kappa shape index (κ2) is 7.34. The molecule has 27 heavy (non-hydrogen) atoms. The minimum absolute atomic E-state index is 0.0506. The Morgan fingerprint density at radius 2 is 1.52 bits per heavy atom. The molecule has 7 heteroatoms. The first-order chi connectivity index (χ1) is 13.0. The second-order valence-electron chi connectivity index (χ2n) is 5.57. The van der Waals surface area contributed by atoms with E-state index in [0.29, 0.717) is 5.56 Å². The average molecular weight is 357 g/mol. The van der Waals surface area contributed by atoms with Crippen molar-refractivity contribution in [2.24, 2.45) is 0 Å². The summed E-state index contributed by atoms with van der Waals surface area (Å²) in [5, 5.41) is 17.5. The molecule has 0 atom stereocenters. The molecule has 0 radical (unpaired) electrons. The molecule has 3 rings (SSSR count). The van der Waals surface area contributed by atoms with Gasteiger partial charge >= 0.3 is 5.97 Å². The number of nitrogens with zero attached hydrogens (tertiary/aromatic N) is 3. The summed E-state index contributed by atoms with van der Waals surface area (Å²) in [6, 6.07) is 16.0. The van der Waals surface area contributed by atoms with Crippen LogP contribution in [0.3, 0.4) is 0 Å². The van der Waals surface area contributed by atoms with Crippen molar-refractivity contribution < 1.29 is 19.1 Å². The Bertz CT molecular complexity index is 1000. The Morgan fingerprint density at radius 1 is 0.963 bits per heavy atom. The number of imide groups is 1. The van der Waals surface area contributed by atoms with Crippen molar-refractivity contribution in [3.05, 3.63) is 70.8 Å². The summed E-state index contributed by atoms with van der Waals surface area (Å²) in [7, 11) is 0. The highest BCUT2D eigenvalue weighted by atomic mass is 16.5. The van der Waals surface area contributed by atoms with E-state index >= 15 is 0 Å². The van der Waals surface area contributed by atoms with E-state index in [1.165, 1.54) is 30.3 Å². The minimum atomic E-state index is -0.762. The zero-order chi connectivity index (χ0) is 19.4. The predicted molar refractivity (Wildman–Crippen MR) is 93.1 cm³/mol. The zero-order valence-electron chi connectivity index (χ0n) is 13.9. The van der Waals surface area contributed by atoms with Crippen LogP contribution in [0.15, 0.2) is 54.1 Å². The minimum Gasteiger partial charge on any atom is -0.425 e. The molecular weight excluding hydrogens is 346 g/mol. The molecule has 2 aromatic rings. The van der Waals surface area contributed by atoms with Gasteiger partial charge in [-0.15, -0.1) is 0 Å². The van der Waals surface area contributed by atoms with Crippen LogP contribution < -0.4 is 4.74 Å². The fourth-order valence-corrected chi connectivity index (χ4v) is 2.56. The van der Waals surface area contributed by atoms with Crippen LogP contribution in [0.1, 0.15) is 26.3 Å². The standard InChI is InChI=1S/C20H11N3O4/c21-10-14(11-22)9-13-5-7-15(8-6-13)27-18(24)12-23-19(25)16-3-1-2-4-17(16)20(23)26/h1-9H,12H2. The van der Waals surface area contributed by atoms with Crippen molar-refractivity contribution in [2.75, 3.05) is 6.54 Å². The molecule has 2 aromatic carbocycles. The smallest absolute Gasteiger partial charge is 0.331 e. The number of nitriles is 2. The van der Waals surface area contributed by atoms with Crippen LogP contribution in [0, 0.1) is 22.7 Å². The second-order valence-corrected chi connectivity index (χ2v) is 5.57. The van der Waals surface area contributed by atoms with Crippen molar-refractivity contribution in [1.82, 2.24) is 4.90 Å². The van der Waals surface area contributed by atoms with Crippen LogP contribution in [0.4, 0.5) is 0 Å². The van der Waals surface area contributed by atoms with Gasteiger partial charge in [0, 0.05) is 0 Å². The molecule has 1 heterocycles. The molecule has 0 unspecified atom stereocenters. The highest BCUT2D eigenvalue weighted by Gasteiger charge is 2.36. The van der Waals surface area contributed by atoms with E-state index in [1.54, 1.807) is 36.4 Å². The molecule has 0 saturated carbocycles. The lowest BCUT2D eigenvalue weighted by Crippen LogP contribution is -2.36. The Kier molecular flexibility index (Phi) is 4.78. The number of carbonyl (C=O) groups excluding carboxylic acids is 3. The van der Waals surface area contributed by atoms with Gasteiger partial charge in [-0.05, 0) is 35.9 Å². The Morgan fingerprint density at radius 3 is 2.04 bits per heavy atom. The normalized spacial score (nSPS) is 12.0. The Labute approximate surface area is 154 Å². The fourth-order valence-electron chi connectivity index (χ4n) is 2.56. The van der Waals surface area contributed by atoms with Gasteiger partial charge in [0.1, 0.15) is 30.0 Å². The Hall–Kier alpha value is -4.23. The Balaban J connectivity index is 1.66. The molecule has 2 amide bonds. The van der Waals surface area contributed by atoms with E-state index < -0.39 is 24.3 Å². The van der Waals surface area contributed by atoms with Crippen molar-refractivity contribution in [2.45, 2.75) is 0 Å². The summed E-state index contributed by atoms with van der Waals surface area (Å²) in [6.45, 7) is -0.499. The van der Waals surface area contributed by atoms with Gasteiger partial charge in [-0.1, -0.05) is 24.3 Å². The fraction of sp³-hybridized carbons (Fsp3) is 0.0500. The summed E-state index contributed by atoms with van der Waals surface area (Å²) in [5.41, 5.74) is 1.06. The zero-order valence-corrected chi connectivity index (χ0v) is 13.9. The number of esters is 1. The number of amides is 2. The highest BCUT2D eigenvalue weighted by Crippen LogP contribution is 2.22. The van der Waals surface area contributed by atoms with E-state index in [4.69, 9.17) is 15.3 Å². The van der Waals surface area contributed by atoms with Gasteiger partial charge < -0.3 is 4.74 Å². The van der Waals surface area contributed by atoms with Gasteiger partial charge in [0.25, 0.3) is 11.8 Å². The summed E-state index contributed by atoms with van der Waals surface area (Å²) >= 11 is 0. The SMILES string of the molecule is N#CC(C#N)=Cc1ccc(OC(=O)CN2C(=O)c3ccccc3C2=O)cc1. The van der Waals surface area contributed by atoms with Gasteiger partial charge in [-0.2, -0.15) is 10.5 Å². The lowest BCUT2D eigenvalue weighted by atomic mass is 10.1. The van der Waals surface area contributed by atoms with E-state index in [9.17, 15) is 14.4 Å². The first-order valence-electron chi connectivity index (χ1n) is 7.81. The average Bonchev–Trinajstić information content (AvgIpc) is 2.92. The molecule has 0 bridgehead atoms. The number of benzene rings is 2. The van der Waals surface area contributed by atoms with Gasteiger partial charge in [-0.25, -0.2) is 4.79 Å². The van der Waals surface area contributed by atoms with Crippen molar-refractivity contribution >= 4 is 23.9 Å². The predicted octanol–water partition coefficient (Wildman–Crippen LogP) is 2.32. The molecule has 0 saturated heterocycles. The van der Waals surface area contributed by atoms with Crippen LogP contribution in [0.25, 0.3) is 6.08 Å². The molecular formula is C20H11N3O4. The van der Waals surface area contributed by atoms with Crippen LogP contribution in [-0.4, -0.2) is 29.2 Å². The summed E-state index contributed by atoms with van der Waals surface area (Å²) in [4.78, 5) is 37.4. The molecule has 0 spiro atoms. The number of fused-ring (bicyclic) bond motifs is 1. The number of allylic oxidation sites excluding steroid dienone is 1. The highest BCUT2D eigenvalue weighted by molar-refractivity contribution is 6.22. The number of ether oxygens (including phenoxy) is 1. The molecule has 130 valence electrons. The quantitative estimate of drug-likeness (QED) is 0.359. The third-order valence-corrected chi connectivity index (χ3v) is 3.83. The summed E-state index contributed by atoms with van der Waals surface area (Å²) in [6.07, 6.45) is 1.39. The number of hydrogen-bond acceptors (Lipinski definition) is 6. The van der Waals surface area contributed by atoms with E-state index in [1.807, 2.05) is 0 Å². The van der Waals surface area contributed by atoms with Gasteiger partial charge in [0.2, 0.25) is 0 Å². The molecule has 0 fully saturated rings. The number of carbonyl (C=O) groups is 3. The molecule has 1 aliphatic heterocycles. The maximum absolute atomic E-state index is 12.2. The van der Waals surface area contributed by atoms with Crippen molar-refractivity contribution in [1.29, 1.82) is 10.5 Å². The van der Waals surface area contributed by atoms with Crippen molar-refractivity contribution in [3.63, 3.8) is 0 Å². The summed E-state index contributed by atoms with van der Waals surface area (Å²) in [5.74, 6) is -1.62. The van der Waals surface area contributed by atoms with Crippen molar-refractivity contribution in [3.8, 4) is 17.9 Å². The van der Waals surface area contributed by atoms with Gasteiger partial charge in [0.05, 0.1) is 11.1 Å². The number of rotatable bonds is 4. The van der Waals surface area contributed by atoms with E-state index in [0.717, 1.165) is 4.90 Å². The molecule has 7 nitrogen and oxygen atoms in total. The monoisotopic (exact) mass is 357 g/mol. The summed E-state index contributed by atoms with van der Waals surface area (Å²) < 4.78 is 5.15. The topological polar surface area (TPSA) is 111 Å². The van der Waals surface area contributed by atoms with Crippen LogP contribution in [0.5, 0.6) is 5.75 Å². The van der Waals surface area contributed by atoms with Gasteiger partial charge in [-0.3, -0.25) is 14.5 Å². The van der Waals surface area contributed by atoms with Gasteiger partial charge in [0.15, 0.2) is 0 Å². The van der Waals surface area contributed by atoms with E-state index in [-0.39, 0.29) is 22.4 Å². The molecule has 0 aromatic heterocycles. The largest absolute Gasteiger partial charge is 0.425 e. The lowest BCUT2D eigenvalue weighted by Gasteiger charge is -2.12. The molecule has 0 aliphatic carbocycles. The van der Waals surface area contributed by atoms with Crippen LogP contribution in [0.2, 0.25) is 0 Å². The molecule has 0 N–H and O–H groups in total. The van der Waals surface area contributed by atoms with Crippen LogP contribution in [-0.2, 0) is 4.79 Å². The molecule has 1 aliphatic rings. The maximum atomic E-state index is 12.2. The van der Waals surface area contributed by atoms with Crippen LogP contribution >= 0.6 is 0 Å². The third-order valence-electron chi connectivity index (χ3n) is 3.83. The third kappa shape index (κ3) is 3.58. The lowest BCUT2D eigenvalue weighted by molar-refractivity contribution is -0.134. The number of hydrogen-bond donors (Lipinski definition) is 0. The van der Waals surface area contributed by atoms with E-state index in [2.05, 4.69) is 0 Å². The first kappa shape index (κ1) is 17.6.